The van der Waals surface area contributed by atoms with Crippen LogP contribution in [-0.2, 0) is 0 Å². The highest BCUT2D eigenvalue weighted by molar-refractivity contribution is 5.63. The Morgan fingerprint density at radius 3 is 2.50 bits per heavy atom. The number of piperazine rings is 1. The minimum absolute atomic E-state index is 0.0981. The Balaban J connectivity index is 1.43. The van der Waals surface area contributed by atoms with Gasteiger partial charge in [-0.15, -0.1) is 0 Å². The molecule has 1 saturated heterocycles. The van der Waals surface area contributed by atoms with E-state index in [1.165, 1.54) is 11.9 Å². The van der Waals surface area contributed by atoms with Crippen LogP contribution in [0.3, 0.4) is 0 Å². The van der Waals surface area contributed by atoms with E-state index in [1.807, 2.05) is 12.1 Å². The molecule has 2 aromatic rings. The van der Waals surface area contributed by atoms with Crippen LogP contribution in [0, 0.1) is 10.1 Å². The highest BCUT2D eigenvalue weighted by Crippen LogP contribution is 2.30. The Bertz CT molecular complexity index is 831. The average molecular weight is 383 g/mol. The molecule has 2 fully saturated rings. The number of hydrogen-bond acceptors (Lipinski definition) is 8. The van der Waals surface area contributed by atoms with Crippen molar-refractivity contribution in [2.24, 2.45) is 0 Å². The molecule has 2 heterocycles. The molecule has 0 spiro atoms. The molecular formula is C19H25N7O2. The van der Waals surface area contributed by atoms with Gasteiger partial charge in [-0.05, 0) is 43.7 Å². The fraction of sp³-hybridized carbons (Fsp3) is 0.474. The molecule has 1 saturated carbocycles. The van der Waals surface area contributed by atoms with Crippen LogP contribution in [0.5, 0.6) is 0 Å². The second-order valence-corrected chi connectivity index (χ2v) is 7.20. The van der Waals surface area contributed by atoms with E-state index < -0.39 is 4.92 Å². The first-order chi connectivity index (χ1) is 13.6. The molecule has 0 bridgehead atoms. The van der Waals surface area contributed by atoms with Crippen LogP contribution in [0.25, 0.3) is 0 Å². The van der Waals surface area contributed by atoms with Crippen LogP contribution in [-0.4, -0.2) is 58.6 Å². The first-order valence-electron chi connectivity index (χ1n) is 9.74. The van der Waals surface area contributed by atoms with E-state index in [4.69, 9.17) is 0 Å². The van der Waals surface area contributed by atoms with Crippen molar-refractivity contribution in [1.82, 2.24) is 14.9 Å². The zero-order valence-corrected chi connectivity index (χ0v) is 16.0. The Morgan fingerprint density at radius 2 is 1.89 bits per heavy atom. The van der Waals surface area contributed by atoms with E-state index in [1.54, 1.807) is 0 Å². The fourth-order valence-corrected chi connectivity index (χ4v) is 3.30. The third-order valence-corrected chi connectivity index (χ3v) is 5.19. The molecule has 28 heavy (non-hydrogen) atoms. The molecule has 0 amide bonds. The van der Waals surface area contributed by atoms with Gasteiger partial charge in [0.05, 0.1) is 4.92 Å². The van der Waals surface area contributed by atoms with Gasteiger partial charge in [-0.1, -0.05) is 6.92 Å². The normalized spacial score (nSPS) is 17.4. The number of hydrogen-bond donors (Lipinski definition) is 2. The number of aromatic nitrogens is 2. The number of benzene rings is 1. The zero-order valence-electron chi connectivity index (χ0n) is 16.0. The lowest BCUT2D eigenvalue weighted by Crippen LogP contribution is -2.46. The standard InChI is InChI=1S/C19H25N7O2/c1-2-24-9-11-25(12-10-24)16-7-5-15(6-8-16)22-19-20-13-17(26(27)28)18(23-19)21-14-3-4-14/h5-8,13-14H,2-4,9-12H2,1H3,(H2,20,21,22,23). The van der Waals surface area contributed by atoms with E-state index in [0.717, 1.165) is 51.3 Å². The minimum Gasteiger partial charge on any atom is -0.369 e. The van der Waals surface area contributed by atoms with Crippen LogP contribution >= 0.6 is 0 Å². The number of nitrogens with one attached hydrogen (secondary N) is 2. The second-order valence-electron chi connectivity index (χ2n) is 7.20. The third-order valence-electron chi connectivity index (χ3n) is 5.19. The summed E-state index contributed by atoms with van der Waals surface area (Å²) in [5, 5.41) is 17.4. The maximum absolute atomic E-state index is 11.2. The van der Waals surface area contributed by atoms with Gasteiger partial charge in [0.1, 0.15) is 6.20 Å². The van der Waals surface area contributed by atoms with Gasteiger partial charge in [0.25, 0.3) is 0 Å². The van der Waals surface area contributed by atoms with Crippen molar-refractivity contribution < 1.29 is 4.92 Å². The molecule has 2 N–H and O–H groups in total. The predicted molar refractivity (Wildman–Crippen MR) is 109 cm³/mol. The zero-order chi connectivity index (χ0) is 19.5. The second kappa shape index (κ2) is 7.97. The molecule has 0 radical (unpaired) electrons. The molecule has 9 heteroatoms. The third kappa shape index (κ3) is 4.30. The van der Waals surface area contributed by atoms with Gasteiger partial charge in [-0.25, -0.2) is 4.98 Å². The summed E-state index contributed by atoms with van der Waals surface area (Å²) in [5.74, 6) is 0.619. The summed E-state index contributed by atoms with van der Waals surface area (Å²) < 4.78 is 0. The summed E-state index contributed by atoms with van der Waals surface area (Å²) in [5.41, 5.74) is 1.95. The Kier molecular flexibility index (Phi) is 5.25. The summed E-state index contributed by atoms with van der Waals surface area (Å²) in [6.45, 7) is 7.53. The highest BCUT2D eigenvalue weighted by Gasteiger charge is 2.26. The summed E-state index contributed by atoms with van der Waals surface area (Å²) in [7, 11) is 0. The lowest BCUT2D eigenvalue weighted by molar-refractivity contribution is -0.384. The Morgan fingerprint density at radius 1 is 1.18 bits per heavy atom. The van der Waals surface area contributed by atoms with Crippen molar-refractivity contribution in [2.45, 2.75) is 25.8 Å². The van der Waals surface area contributed by atoms with Gasteiger partial charge < -0.3 is 20.4 Å². The molecule has 1 aromatic heterocycles. The molecular weight excluding hydrogens is 358 g/mol. The maximum Gasteiger partial charge on any atom is 0.329 e. The molecule has 2 aliphatic rings. The number of rotatable bonds is 7. The minimum atomic E-state index is -0.457. The summed E-state index contributed by atoms with van der Waals surface area (Å²) in [4.78, 5) is 24.0. The molecule has 148 valence electrons. The van der Waals surface area contributed by atoms with E-state index in [9.17, 15) is 10.1 Å². The SMILES string of the molecule is CCN1CCN(c2ccc(Nc3ncc([N+](=O)[O-])c(NC4CC4)n3)cc2)CC1. The van der Waals surface area contributed by atoms with Gasteiger partial charge >= 0.3 is 5.69 Å². The first-order valence-corrected chi connectivity index (χ1v) is 9.74. The van der Waals surface area contributed by atoms with E-state index in [2.05, 4.69) is 49.5 Å². The topological polar surface area (TPSA) is 99.5 Å². The molecule has 1 aliphatic carbocycles. The van der Waals surface area contributed by atoms with Gasteiger partial charge in [0, 0.05) is 43.6 Å². The monoisotopic (exact) mass is 383 g/mol. The largest absolute Gasteiger partial charge is 0.369 e. The molecule has 4 rings (SSSR count). The van der Waals surface area contributed by atoms with Gasteiger partial charge in [0.15, 0.2) is 0 Å². The van der Waals surface area contributed by atoms with Crippen LogP contribution in [0.1, 0.15) is 19.8 Å². The van der Waals surface area contributed by atoms with Gasteiger partial charge in [0.2, 0.25) is 11.8 Å². The van der Waals surface area contributed by atoms with E-state index >= 15 is 0 Å². The maximum atomic E-state index is 11.2. The van der Waals surface area contributed by atoms with E-state index in [-0.39, 0.29) is 17.5 Å². The Hall–Kier alpha value is -2.94. The fourth-order valence-electron chi connectivity index (χ4n) is 3.30. The molecule has 1 aromatic carbocycles. The van der Waals surface area contributed by atoms with Crippen LogP contribution in [0.2, 0.25) is 0 Å². The molecule has 0 unspecified atom stereocenters. The number of nitrogens with zero attached hydrogens (tertiary/aromatic N) is 5. The van der Waals surface area contributed by atoms with Crippen LogP contribution in [0.4, 0.5) is 28.8 Å². The predicted octanol–water partition coefficient (Wildman–Crippen LogP) is 2.84. The van der Waals surface area contributed by atoms with Crippen molar-refractivity contribution in [2.75, 3.05) is 48.3 Å². The van der Waals surface area contributed by atoms with Crippen molar-refractivity contribution in [3.63, 3.8) is 0 Å². The summed E-state index contributed by atoms with van der Waals surface area (Å²) in [6.07, 6.45) is 3.28. The van der Waals surface area contributed by atoms with Gasteiger partial charge in [-0.3, -0.25) is 10.1 Å². The number of likely N-dealkylation sites (N-methyl/N-ethyl adjacent to an activating group) is 1. The lowest BCUT2D eigenvalue weighted by Gasteiger charge is -2.35. The lowest BCUT2D eigenvalue weighted by atomic mass is 10.2. The average Bonchev–Trinajstić information content (AvgIpc) is 3.53. The van der Waals surface area contributed by atoms with Crippen molar-refractivity contribution in [3.05, 3.63) is 40.6 Å². The van der Waals surface area contributed by atoms with Crippen molar-refractivity contribution >= 4 is 28.8 Å². The number of nitro groups is 1. The van der Waals surface area contributed by atoms with Crippen LogP contribution in [0.15, 0.2) is 30.5 Å². The van der Waals surface area contributed by atoms with Crippen molar-refractivity contribution in [3.8, 4) is 0 Å². The highest BCUT2D eigenvalue weighted by atomic mass is 16.6. The molecule has 0 atom stereocenters. The molecule has 1 aliphatic heterocycles. The van der Waals surface area contributed by atoms with E-state index in [0.29, 0.717) is 5.95 Å². The molecule has 9 nitrogen and oxygen atoms in total. The Labute approximate surface area is 163 Å². The first kappa shape index (κ1) is 18.4. The summed E-state index contributed by atoms with van der Waals surface area (Å²) in [6, 6.07) is 8.41. The quantitative estimate of drug-likeness (QED) is 0.556. The van der Waals surface area contributed by atoms with Crippen molar-refractivity contribution in [1.29, 1.82) is 0 Å². The summed E-state index contributed by atoms with van der Waals surface area (Å²) >= 11 is 0. The van der Waals surface area contributed by atoms with Crippen LogP contribution < -0.4 is 15.5 Å². The smallest absolute Gasteiger partial charge is 0.329 e. The van der Waals surface area contributed by atoms with Gasteiger partial charge in [-0.2, -0.15) is 4.98 Å². The number of anilines is 4.